The molecular formula is C40H62N4S. The van der Waals surface area contributed by atoms with Gasteiger partial charge in [0.2, 0.25) is 0 Å². The van der Waals surface area contributed by atoms with Crippen molar-refractivity contribution in [2.24, 2.45) is 0 Å². The highest BCUT2D eigenvalue weighted by Gasteiger charge is 2.14. The van der Waals surface area contributed by atoms with Gasteiger partial charge < -0.3 is 0 Å². The van der Waals surface area contributed by atoms with Gasteiger partial charge in [0.05, 0.1) is 22.6 Å². The Morgan fingerprint density at radius 1 is 0.422 bits per heavy atom. The Hall–Kier alpha value is -3.18. The lowest BCUT2D eigenvalue weighted by Gasteiger charge is -2.16. The summed E-state index contributed by atoms with van der Waals surface area (Å²) >= 11 is 1.78. The molecule has 0 unspecified atom stereocenters. The molecule has 248 valence electrons. The zero-order valence-electron chi connectivity index (χ0n) is 30.2. The van der Waals surface area contributed by atoms with Crippen LogP contribution in [0.2, 0.25) is 0 Å². The van der Waals surface area contributed by atoms with Gasteiger partial charge in [-0.05, 0) is 87.0 Å². The van der Waals surface area contributed by atoms with E-state index in [9.17, 15) is 0 Å². The van der Waals surface area contributed by atoms with Gasteiger partial charge in [-0.2, -0.15) is 0 Å². The van der Waals surface area contributed by atoms with Crippen molar-refractivity contribution in [1.82, 2.24) is 19.9 Å². The van der Waals surface area contributed by atoms with E-state index in [1.165, 1.54) is 84.6 Å². The number of fused-ring (bicyclic) bond motifs is 4. The van der Waals surface area contributed by atoms with Crippen LogP contribution in [-0.4, -0.2) is 19.9 Å². The van der Waals surface area contributed by atoms with Gasteiger partial charge >= 0.3 is 0 Å². The van der Waals surface area contributed by atoms with Gasteiger partial charge in [-0.15, -0.1) is 11.3 Å². The average Bonchev–Trinajstić information content (AvgIpc) is 3.37. The Kier molecular flexibility index (Phi) is 26.3. The van der Waals surface area contributed by atoms with Gasteiger partial charge in [-0.3, -0.25) is 15.0 Å². The number of aryl methyl sites for hydroxylation is 8. The molecule has 0 bridgehead atoms. The molecule has 5 heteroatoms. The van der Waals surface area contributed by atoms with E-state index >= 15 is 0 Å². The molecule has 3 heterocycles. The predicted octanol–water partition coefficient (Wildman–Crippen LogP) is 11.2. The second kappa shape index (κ2) is 28.3. The summed E-state index contributed by atoms with van der Waals surface area (Å²) in [6.07, 6.45) is 22.1. The molecule has 0 fully saturated rings. The number of thiazole rings is 1. The van der Waals surface area contributed by atoms with E-state index in [-0.39, 0.29) is 0 Å². The van der Waals surface area contributed by atoms with E-state index in [1.807, 2.05) is 87.0 Å². The molecular weight excluding hydrogens is 569 g/mol. The summed E-state index contributed by atoms with van der Waals surface area (Å²) in [6.45, 7) is 20.0. The van der Waals surface area contributed by atoms with Crippen molar-refractivity contribution in [3.05, 3.63) is 117 Å². The zero-order valence-corrected chi connectivity index (χ0v) is 31.0. The van der Waals surface area contributed by atoms with E-state index < -0.39 is 0 Å². The number of allylic oxidation sites excluding steroid dienone is 2. The van der Waals surface area contributed by atoms with Crippen LogP contribution in [0.3, 0.4) is 0 Å². The maximum atomic E-state index is 4.17. The Balaban J connectivity index is 0.000000508. The molecule has 4 aromatic rings. The molecule has 0 radical (unpaired) electrons. The Morgan fingerprint density at radius 2 is 0.844 bits per heavy atom. The minimum Gasteiger partial charge on any atom is -0.261 e. The van der Waals surface area contributed by atoms with Crippen LogP contribution in [0.5, 0.6) is 0 Å². The van der Waals surface area contributed by atoms with Crippen LogP contribution in [0.4, 0.5) is 0 Å². The lowest BCUT2D eigenvalue weighted by atomic mass is 9.89. The largest absolute Gasteiger partial charge is 0.261 e. The van der Waals surface area contributed by atoms with Crippen molar-refractivity contribution in [3.8, 4) is 0 Å². The molecule has 0 saturated carbocycles. The second-order valence-electron chi connectivity index (χ2n) is 9.10. The van der Waals surface area contributed by atoms with Crippen molar-refractivity contribution in [2.45, 2.75) is 133 Å². The molecule has 1 aromatic carbocycles. The highest BCUT2D eigenvalue weighted by molar-refractivity contribution is 7.09. The zero-order chi connectivity index (χ0) is 33.7. The molecule has 45 heavy (non-hydrogen) atoms. The number of benzene rings is 1. The first-order chi connectivity index (χ1) is 22.4. The third-order valence-electron chi connectivity index (χ3n) is 6.84. The number of aromatic nitrogens is 4. The molecule has 0 N–H and O–H groups in total. The summed E-state index contributed by atoms with van der Waals surface area (Å²) in [4.78, 5) is 18.0. The minimum absolute atomic E-state index is 1.13. The number of pyridine rings is 1. The Bertz CT molecular complexity index is 1070. The van der Waals surface area contributed by atoms with Gasteiger partial charge in [0, 0.05) is 29.2 Å². The first-order valence-electron chi connectivity index (χ1n) is 17.7. The summed E-state index contributed by atoms with van der Waals surface area (Å²) in [5.41, 5.74) is 11.5. The van der Waals surface area contributed by atoms with Crippen molar-refractivity contribution in [2.75, 3.05) is 0 Å². The van der Waals surface area contributed by atoms with Crippen LogP contribution in [0.25, 0.3) is 0 Å². The van der Waals surface area contributed by atoms with Crippen LogP contribution in [0.15, 0.2) is 72.7 Å². The van der Waals surface area contributed by atoms with E-state index in [1.54, 1.807) is 34.9 Å². The SMILES string of the molecule is C1=CCC1.CC.CC.CC.CC.CC.c1ccc2c(c1)CC2.c1cnc2c(c1)CC2.c1cnc2c(n1)CC2.c1nc2c(s1)CC2. The van der Waals surface area contributed by atoms with E-state index in [0.29, 0.717) is 0 Å². The fourth-order valence-corrected chi connectivity index (χ4v) is 4.75. The third kappa shape index (κ3) is 15.1. The summed E-state index contributed by atoms with van der Waals surface area (Å²) in [6, 6.07) is 12.8. The summed E-state index contributed by atoms with van der Waals surface area (Å²) in [7, 11) is 0. The van der Waals surface area contributed by atoms with Crippen LogP contribution in [0.1, 0.15) is 126 Å². The summed E-state index contributed by atoms with van der Waals surface area (Å²) < 4.78 is 0. The molecule has 9 rings (SSSR count). The van der Waals surface area contributed by atoms with Crippen molar-refractivity contribution in [3.63, 3.8) is 0 Å². The van der Waals surface area contributed by atoms with Gasteiger partial charge in [0.15, 0.2) is 0 Å². The normalized spacial score (nSPS) is 12.6. The van der Waals surface area contributed by atoms with Crippen LogP contribution >= 0.6 is 11.3 Å². The van der Waals surface area contributed by atoms with E-state index in [2.05, 4.69) is 62.4 Å². The fraction of sp³-hybridized carbons (Fsp3) is 0.500. The van der Waals surface area contributed by atoms with Crippen LogP contribution in [0, 0.1) is 0 Å². The first-order valence-corrected chi connectivity index (χ1v) is 18.6. The quantitative estimate of drug-likeness (QED) is 0.181. The van der Waals surface area contributed by atoms with Crippen molar-refractivity contribution < 1.29 is 0 Å². The van der Waals surface area contributed by atoms with Crippen molar-refractivity contribution in [1.29, 1.82) is 0 Å². The van der Waals surface area contributed by atoms with E-state index in [0.717, 1.165) is 12.8 Å². The fourth-order valence-electron chi connectivity index (χ4n) is 3.93. The monoisotopic (exact) mass is 630 g/mol. The molecule has 0 saturated heterocycles. The number of nitrogens with zero attached hydrogens (tertiary/aromatic N) is 4. The smallest absolute Gasteiger partial charge is 0.0797 e. The minimum atomic E-state index is 1.13. The molecule has 5 aliphatic carbocycles. The average molecular weight is 631 g/mol. The first kappa shape index (κ1) is 41.8. The molecule has 0 aliphatic heterocycles. The van der Waals surface area contributed by atoms with Gasteiger partial charge in [0.1, 0.15) is 0 Å². The predicted molar refractivity (Wildman–Crippen MR) is 200 cm³/mol. The Labute approximate surface area is 280 Å². The standard InChI is InChI=1S/C8H8.C7H7N.C6H6N2.C5H5NS.C4H6.5C2H6/c1-2-4-8-6-5-7(8)3-1;1-2-6-3-4-7(6)8-5-1;1-2-6-5(1)7-3-4-8-6;1-2-5-4(1)6-3-7-5;1-2-4-3-1;5*1-2/h1-4H,5-6H2;1-2,5H,3-4H2;3-4H,1-2H2;3H,1-2H2;1-2H,3-4H2;5*1-2H3. The second-order valence-corrected chi connectivity index (χ2v) is 10.0. The van der Waals surface area contributed by atoms with Gasteiger partial charge in [0.25, 0.3) is 0 Å². The maximum absolute atomic E-state index is 4.17. The number of hydrogen-bond donors (Lipinski definition) is 0. The summed E-state index contributed by atoms with van der Waals surface area (Å²) in [5.74, 6) is 0. The number of rotatable bonds is 0. The highest BCUT2D eigenvalue weighted by Crippen LogP contribution is 2.24. The van der Waals surface area contributed by atoms with Gasteiger partial charge in [-0.25, -0.2) is 4.98 Å². The number of hydrogen-bond acceptors (Lipinski definition) is 5. The molecule has 3 aromatic heterocycles. The van der Waals surface area contributed by atoms with E-state index in [4.69, 9.17) is 0 Å². The topological polar surface area (TPSA) is 51.6 Å². The van der Waals surface area contributed by atoms with Crippen LogP contribution in [-0.2, 0) is 51.4 Å². The lowest BCUT2D eigenvalue weighted by Crippen LogP contribution is -2.12. The maximum Gasteiger partial charge on any atom is 0.0797 e. The molecule has 5 aliphatic rings. The van der Waals surface area contributed by atoms with Crippen molar-refractivity contribution >= 4 is 11.3 Å². The highest BCUT2D eigenvalue weighted by atomic mass is 32.1. The third-order valence-corrected chi connectivity index (χ3v) is 7.77. The van der Waals surface area contributed by atoms with Crippen LogP contribution < -0.4 is 0 Å². The molecule has 0 spiro atoms. The Morgan fingerprint density at radius 3 is 1.04 bits per heavy atom. The molecule has 0 atom stereocenters. The van der Waals surface area contributed by atoms with Gasteiger partial charge in [-0.1, -0.05) is 112 Å². The molecule has 0 amide bonds. The lowest BCUT2D eigenvalue weighted by molar-refractivity contribution is 0.742. The summed E-state index contributed by atoms with van der Waals surface area (Å²) in [5, 5.41) is 0. The molecule has 4 nitrogen and oxygen atoms in total.